The monoisotopic (exact) mass is 374 g/mol. The molecule has 0 bridgehead atoms. The number of rotatable bonds is 7. The van der Waals surface area contributed by atoms with E-state index in [0.717, 1.165) is 11.1 Å². The lowest BCUT2D eigenvalue weighted by molar-refractivity contribution is -0.130. The Morgan fingerprint density at radius 2 is 1.75 bits per heavy atom. The van der Waals surface area contributed by atoms with Gasteiger partial charge in [-0.1, -0.05) is 66.2 Å². The van der Waals surface area contributed by atoms with Gasteiger partial charge in [0, 0.05) is 0 Å². The smallest absolute Gasteiger partial charge is 0.336 e. The SMILES string of the molecule is COc1cc(/C=C(\C(=O)O)c2ccccc2)ccc1OCc1cccc(C)c1. The minimum atomic E-state index is -0.982. The minimum Gasteiger partial charge on any atom is -0.493 e. The maximum atomic E-state index is 11.7. The minimum absolute atomic E-state index is 0.219. The van der Waals surface area contributed by atoms with Crippen molar-refractivity contribution >= 4 is 17.6 Å². The maximum absolute atomic E-state index is 11.7. The maximum Gasteiger partial charge on any atom is 0.336 e. The fourth-order valence-electron chi connectivity index (χ4n) is 2.91. The van der Waals surface area contributed by atoms with Gasteiger partial charge < -0.3 is 14.6 Å². The number of aryl methyl sites for hydroxylation is 1. The third-order valence-electron chi connectivity index (χ3n) is 4.29. The third kappa shape index (κ3) is 4.80. The molecule has 0 aromatic heterocycles. The third-order valence-corrected chi connectivity index (χ3v) is 4.29. The van der Waals surface area contributed by atoms with Crippen LogP contribution in [-0.2, 0) is 11.4 Å². The van der Waals surface area contributed by atoms with E-state index in [4.69, 9.17) is 9.47 Å². The van der Waals surface area contributed by atoms with Crippen molar-refractivity contribution in [1.82, 2.24) is 0 Å². The van der Waals surface area contributed by atoms with Gasteiger partial charge in [0.15, 0.2) is 11.5 Å². The molecule has 0 spiro atoms. The number of ether oxygens (including phenoxy) is 2. The molecule has 1 N–H and O–H groups in total. The Morgan fingerprint density at radius 3 is 2.43 bits per heavy atom. The number of carboxylic acids is 1. The van der Waals surface area contributed by atoms with Gasteiger partial charge in [-0.05, 0) is 41.8 Å². The van der Waals surface area contributed by atoms with Gasteiger partial charge in [0.05, 0.1) is 12.7 Å². The van der Waals surface area contributed by atoms with Crippen molar-refractivity contribution in [3.8, 4) is 11.5 Å². The Hall–Kier alpha value is -3.53. The van der Waals surface area contributed by atoms with Gasteiger partial charge in [0.2, 0.25) is 0 Å². The molecule has 0 saturated carbocycles. The summed E-state index contributed by atoms with van der Waals surface area (Å²) < 4.78 is 11.3. The van der Waals surface area contributed by atoms with Crippen molar-refractivity contribution in [2.24, 2.45) is 0 Å². The zero-order chi connectivity index (χ0) is 19.9. The molecule has 0 saturated heterocycles. The standard InChI is InChI=1S/C24H22O4/c1-17-7-6-8-19(13-17)16-28-22-12-11-18(15-23(22)27-2)14-21(24(25)26)20-9-4-3-5-10-20/h3-15H,16H2,1-2H3,(H,25,26)/b21-14-. The molecule has 0 radical (unpaired) electrons. The topological polar surface area (TPSA) is 55.8 Å². The highest BCUT2D eigenvalue weighted by atomic mass is 16.5. The molecule has 3 aromatic rings. The molecule has 0 unspecified atom stereocenters. The van der Waals surface area contributed by atoms with E-state index >= 15 is 0 Å². The summed E-state index contributed by atoms with van der Waals surface area (Å²) in [5, 5.41) is 9.58. The first-order valence-corrected chi connectivity index (χ1v) is 8.93. The van der Waals surface area contributed by atoms with E-state index in [9.17, 15) is 9.90 Å². The van der Waals surface area contributed by atoms with Crippen LogP contribution in [0.25, 0.3) is 11.6 Å². The highest BCUT2D eigenvalue weighted by Gasteiger charge is 2.12. The molecule has 0 amide bonds. The van der Waals surface area contributed by atoms with Crippen LogP contribution in [0, 0.1) is 6.92 Å². The first kappa shape index (κ1) is 19.2. The van der Waals surface area contributed by atoms with Gasteiger partial charge in [0.25, 0.3) is 0 Å². The van der Waals surface area contributed by atoms with Crippen molar-refractivity contribution < 1.29 is 19.4 Å². The molecule has 3 rings (SSSR count). The molecule has 0 atom stereocenters. The van der Waals surface area contributed by atoms with Crippen LogP contribution in [-0.4, -0.2) is 18.2 Å². The van der Waals surface area contributed by atoms with Crippen LogP contribution < -0.4 is 9.47 Å². The van der Waals surface area contributed by atoms with E-state index < -0.39 is 5.97 Å². The van der Waals surface area contributed by atoms with E-state index in [1.807, 2.05) is 49.4 Å². The molecule has 0 aliphatic rings. The number of hydrogen-bond donors (Lipinski definition) is 1. The van der Waals surface area contributed by atoms with Gasteiger partial charge in [-0.3, -0.25) is 0 Å². The average Bonchev–Trinajstić information content (AvgIpc) is 2.71. The summed E-state index contributed by atoms with van der Waals surface area (Å²) >= 11 is 0. The van der Waals surface area contributed by atoms with E-state index in [2.05, 4.69) is 6.07 Å². The lowest BCUT2D eigenvalue weighted by atomic mass is 10.0. The van der Waals surface area contributed by atoms with Crippen LogP contribution >= 0.6 is 0 Å². The lowest BCUT2D eigenvalue weighted by Crippen LogP contribution is -2.00. The summed E-state index contributed by atoms with van der Waals surface area (Å²) in [5.74, 6) is 0.182. The van der Waals surface area contributed by atoms with E-state index in [1.54, 1.807) is 37.5 Å². The summed E-state index contributed by atoms with van der Waals surface area (Å²) in [6.07, 6.45) is 1.63. The van der Waals surface area contributed by atoms with Crippen LogP contribution in [0.5, 0.6) is 11.5 Å². The summed E-state index contributed by atoms with van der Waals surface area (Å²) in [6.45, 7) is 2.47. The second-order valence-corrected chi connectivity index (χ2v) is 6.42. The molecule has 0 fully saturated rings. The Labute approximate surface area is 164 Å². The fraction of sp³-hybridized carbons (Fsp3) is 0.125. The van der Waals surface area contributed by atoms with Crippen LogP contribution in [0.15, 0.2) is 72.8 Å². The highest BCUT2D eigenvalue weighted by Crippen LogP contribution is 2.30. The van der Waals surface area contributed by atoms with E-state index in [1.165, 1.54) is 5.56 Å². The summed E-state index contributed by atoms with van der Waals surface area (Å²) in [6, 6.07) is 22.5. The molecule has 0 aliphatic heterocycles. The zero-order valence-electron chi connectivity index (χ0n) is 15.9. The van der Waals surface area contributed by atoms with E-state index in [-0.39, 0.29) is 5.57 Å². The largest absolute Gasteiger partial charge is 0.493 e. The molecule has 4 heteroatoms. The number of hydrogen-bond acceptors (Lipinski definition) is 3. The Morgan fingerprint density at radius 1 is 0.964 bits per heavy atom. The molecule has 3 aromatic carbocycles. The van der Waals surface area contributed by atoms with E-state index in [0.29, 0.717) is 23.7 Å². The molecular formula is C24H22O4. The normalized spacial score (nSPS) is 11.1. The van der Waals surface area contributed by atoms with Crippen molar-refractivity contribution in [3.05, 3.63) is 95.1 Å². The number of aliphatic carboxylic acids is 1. The van der Waals surface area contributed by atoms with Gasteiger partial charge in [-0.15, -0.1) is 0 Å². The van der Waals surface area contributed by atoms with Crippen LogP contribution in [0.1, 0.15) is 22.3 Å². The van der Waals surface area contributed by atoms with Gasteiger partial charge in [0.1, 0.15) is 6.61 Å². The Kier molecular flexibility index (Phi) is 6.12. The first-order valence-electron chi connectivity index (χ1n) is 8.93. The fourth-order valence-corrected chi connectivity index (χ4v) is 2.91. The van der Waals surface area contributed by atoms with Crippen molar-refractivity contribution in [1.29, 1.82) is 0 Å². The second-order valence-electron chi connectivity index (χ2n) is 6.42. The summed E-state index contributed by atoms with van der Waals surface area (Å²) in [4.78, 5) is 11.7. The summed E-state index contributed by atoms with van der Waals surface area (Å²) in [7, 11) is 1.57. The number of carbonyl (C=O) groups is 1. The molecule has 28 heavy (non-hydrogen) atoms. The van der Waals surface area contributed by atoms with Crippen molar-refractivity contribution in [3.63, 3.8) is 0 Å². The lowest BCUT2D eigenvalue weighted by Gasteiger charge is -2.12. The molecular weight excluding hydrogens is 352 g/mol. The molecule has 0 heterocycles. The number of carboxylic acid groups (broad SMARTS) is 1. The predicted molar refractivity (Wildman–Crippen MR) is 110 cm³/mol. The Bertz CT molecular complexity index is 990. The van der Waals surface area contributed by atoms with Crippen molar-refractivity contribution in [2.45, 2.75) is 13.5 Å². The van der Waals surface area contributed by atoms with Crippen LogP contribution in [0.2, 0.25) is 0 Å². The average molecular weight is 374 g/mol. The van der Waals surface area contributed by atoms with Crippen LogP contribution in [0.4, 0.5) is 0 Å². The highest BCUT2D eigenvalue weighted by molar-refractivity contribution is 6.20. The zero-order valence-corrected chi connectivity index (χ0v) is 15.9. The quantitative estimate of drug-likeness (QED) is 0.456. The van der Waals surface area contributed by atoms with Gasteiger partial charge in [-0.25, -0.2) is 4.79 Å². The Balaban J connectivity index is 1.85. The molecule has 4 nitrogen and oxygen atoms in total. The summed E-state index contributed by atoms with van der Waals surface area (Å²) in [5.41, 5.74) is 3.84. The first-order chi connectivity index (χ1) is 13.6. The molecule has 142 valence electrons. The van der Waals surface area contributed by atoms with Crippen LogP contribution in [0.3, 0.4) is 0 Å². The predicted octanol–water partition coefficient (Wildman–Crippen LogP) is 5.21. The van der Waals surface area contributed by atoms with Gasteiger partial charge in [-0.2, -0.15) is 0 Å². The second kappa shape index (κ2) is 8.91. The van der Waals surface area contributed by atoms with Gasteiger partial charge >= 0.3 is 5.97 Å². The number of methoxy groups -OCH3 is 1. The van der Waals surface area contributed by atoms with Crippen molar-refractivity contribution in [2.75, 3.05) is 7.11 Å². The molecule has 0 aliphatic carbocycles. The number of benzene rings is 3.